The second-order valence-corrected chi connectivity index (χ2v) is 20.1. The van der Waals surface area contributed by atoms with Crippen molar-refractivity contribution in [2.24, 2.45) is 0 Å². The number of aromatic amines is 1. The Balaban J connectivity index is 1.00. The maximum Gasteiger partial charge on any atom is 0.338 e. The van der Waals surface area contributed by atoms with Crippen LogP contribution in [0.5, 0.6) is 6.01 Å². The number of nitrogens with zero attached hydrogens (tertiary/aromatic N) is 1. The summed E-state index contributed by atoms with van der Waals surface area (Å²) < 4.78 is 73.1. The highest BCUT2D eigenvalue weighted by Gasteiger charge is 2.56. The lowest BCUT2D eigenvalue weighted by Gasteiger charge is -2.47. The van der Waals surface area contributed by atoms with Crippen molar-refractivity contribution in [3.8, 4) is 6.01 Å². The number of carbonyl (C=O) groups is 4. The van der Waals surface area contributed by atoms with Gasteiger partial charge in [0.2, 0.25) is 12.4 Å². The highest BCUT2D eigenvalue weighted by Crippen LogP contribution is 2.36. The van der Waals surface area contributed by atoms with Crippen molar-refractivity contribution in [3.05, 3.63) is 276 Å². The molecule has 0 saturated carbocycles. The number of aromatic nitrogens is 2. The predicted molar refractivity (Wildman–Crippen MR) is 309 cm³/mol. The minimum absolute atomic E-state index is 0.0437. The fourth-order valence-corrected chi connectivity index (χ4v) is 9.92. The fourth-order valence-electron chi connectivity index (χ4n) is 9.92. The maximum absolute atomic E-state index is 14.5. The van der Waals surface area contributed by atoms with E-state index in [-0.39, 0.29) is 54.7 Å². The second-order valence-electron chi connectivity index (χ2n) is 20.1. The molecular weight excluding hydrogens is 1080 g/mol. The quantitative estimate of drug-likeness (QED) is 0.0468. The van der Waals surface area contributed by atoms with Gasteiger partial charge in [0.15, 0.2) is 24.6 Å². The van der Waals surface area contributed by atoms with Crippen LogP contribution in [0.15, 0.2) is 237 Å². The van der Waals surface area contributed by atoms with E-state index in [0.29, 0.717) is 11.0 Å². The number of imidazole rings is 1. The Bertz CT molecular complexity index is 3530. The molecule has 1 N–H and O–H groups in total. The zero-order chi connectivity index (χ0) is 58.2. The average molecular weight is 1150 g/mol. The van der Waals surface area contributed by atoms with Crippen LogP contribution in [0.25, 0.3) is 11.0 Å². The number of benzene rings is 8. The monoisotopic (exact) mass is 1140 g/mol. The van der Waals surface area contributed by atoms with Gasteiger partial charge in [0.1, 0.15) is 24.4 Å². The van der Waals surface area contributed by atoms with E-state index in [2.05, 4.69) is 9.97 Å². The van der Waals surface area contributed by atoms with Gasteiger partial charge in [-0.15, -0.1) is 0 Å². The van der Waals surface area contributed by atoms with Gasteiger partial charge < -0.3 is 57.1 Å². The first-order valence-electron chi connectivity index (χ1n) is 27.8. The van der Waals surface area contributed by atoms with Crippen LogP contribution in [0.2, 0.25) is 0 Å². The first kappa shape index (κ1) is 57.5. The van der Waals surface area contributed by atoms with Crippen LogP contribution in [0.3, 0.4) is 0 Å². The average Bonchev–Trinajstić information content (AvgIpc) is 3.37. The SMILES string of the molecule is O=C(O[C@@H]1[C@@H](OC(=O)c2ccccc2)[C@H](Oc2nc3ccccc3[nH]2)O[C@H](CO[C@@H]2O[C@H](COCc3ccccc3)[C@@H](OCc3ccccc3)[C@H](OCc3ccccc3)[C@H]2OC(=O)c2ccccc2)[C@H]1OC(=O)c1ccccc1)c1ccccc1. The number of hydrogen-bond donors (Lipinski definition) is 1. The lowest BCUT2D eigenvalue weighted by atomic mass is 9.96. The molecule has 0 aliphatic carbocycles. The van der Waals surface area contributed by atoms with Crippen molar-refractivity contribution >= 4 is 34.9 Å². The van der Waals surface area contributed by atoms with Gasteiger partial charge in [0.25, 0.3) is 6.01 Å². The molecule has 0 unspecified atom stereocenters. The van der Waals surface area contributed by atoms with Gasteiger partial charge >= 0.3 is 23.9 Å². The molecule has 8 aromatic carbocycles. The van der Waals surface area contributed by atoms with E-state index in [1.807, 2.05) is 97.1 Å². The van der Waals surface area contributed by atoms with Crippen LogP contribution in [0, 0.1) is 0 Å². The van der Waals surface area contributed by atoms with Crippen LogP contribution in [0.4, 0.5) is 0 Å². The molecule has 2 aliphatic rings. The van der Waals surface area contributed by atoms with Crippen molar-refractivity contribution in [2.75, 3.05) is 13.2 Å². The van der Waals surface area contributed by atoms with Gasteiger partial charge in [0, 0.05) is 0 Å². The molecule has 2 aliphatic heterocycles. The number of para-hydroxylation sites is 2. The summed E-state index contributed by atoms with van der Waals surface area (Å²) in [6.45, 7) is -0.267. The van der Waals surface area contributed by atoms with Crippen LogP contribution in [-0.4, -0.2) is 108 Å². The van der Waals surface area contributed by atoms with Gasteiger partial charge in [0.05, 0.1) is 66.3 Å². The Hall–Kier alpha value is -9.33. The Morgan fingerprint density at radius 1 is 0.365 bits per heavy atom. The van der Waals surface area contributed by atoms with E-state index < -0.39 is 91.9 Å². The summed E-state index contributed by atoms with van der Waals surface area (Å²) in [4.78, 5) is 65.7. The molecule has 1 aromatic heterocycles. The van der Waals surface area contributed by atoms with E-state index in [4.69, 9.17) is 52.1 Å². The highest BCUT2D eigenvalue weighted by atomic mass is 16.8. The molecule has 3 heterocycles. The van der Waals surface area contributed by atoms with Gasteiger partial charge in [-0.1, -0.05) is 176 Å². The Kier molecular flexibility index (Phi) is 19.1. The first-order valence-corrected chi connectivity index (χ1v) is 27.8. The minimum Gasteiger partial charge on any atom is -0.452 e. The number of nitrogens with one attached hydrogen (secondary N) is 1. The van der Waals surface area contributed by atoms with Crippen molar-refractivity contribution in [1.29, 1.82) is 0 Å². The molecule has 9 aromatic rings. The van der Waals surface area contributed by atoms with E-state index in [9.17, 15) is 19.2 Å². The van der Waals surface area contributed by atoms with E-state index in [1.54, 1.807) is 140 Å². The molecule has 432 valence electrons. The first-order chi connectivity index (χ1) is 41.8. The molecule has 17 heteroatoms. The van der Waals surface area contributed by atoms with Crippen LogP contribution >= 0.6 is 0 Å². The Labute approximate surface area is 490 Å². The number of fused-ring (bicyclic) bond motifs is 1. The smallest absolute Gasteiger partial charge is 0.338 e. The third kappa shape index (κ3) is 14.9. The van der Waals surface area contributed by atoms with E-state index >= 15 is 0 Å². The third-order valence-electron chi connectivity index (χ3n) is 14.2. The Morgan fingerprint density at radius 2 is 0.741 bits per heavy atom. The molecule has 0 radical (unpaired) electrons. The number of esters is 4. The molecule has 2 saturated heterocycles. The molecule has 11 rings (SSSR count). The van der Waals surface area contributed by atoms with Crippen molar-refractivity contribution < 1.29 is 71.3 Å². The molecule has 2 fully saturated rings. The summed E-state index contributed by atoms with van der Waals surface area (Å²) in [6.07, 6.45) is -14.1. The van der Waals surface area contributed by atoms with E-state index in [1.165, 1.54) is 0 Å². The standard InChI is InChI=1S/C68H60N2O15/c71-62(48-30-14-4-15-31-48)81-57-55(80-67(85-68-69-52-38-22-23-39-53(52)70-68)61(84-65(74)51-36-20-7-21-37-51)59(57)82-63(72)49-32-16-5-17-33-49)44-78-66-60(83-64(73)50-34-18-6-19-35-50)58(77-42-47-28-12-3-13-29-47)56(76-41-46-26-10-2-11-27-46)54(79-66)43-75-40-45-24-8-1-9-25-45/h1-39,54-61,66-67H,40-44H2,(H,69,70)/t54-,55-,56-,57-,58+,59+,60-,61-,66-,67+/m1/s1. The molecule has 85 heavy (non-hydrogen) atoms. The molecule has 10 atom stereocenters. The number of carbonyl (C=O) groups excluding carboxylic acids is 4. The summed E-state index contributed by atoms with van der Waals surface area (Å²) in [5, 5.41) is 0. The Morgan fingerprint density at radius 3 is 1.22 bits per heavy atom. The minimum atomic E-state index is -1.69. The van der Waals surface area contributed by atoms with Gasteiger partial charge in [-0.25, -0.2) is 19.2 Å². The topological polar surface area (TPSA) is 198 Å². The zero-order valence-corrected chi connectivity index (χ0v) is 45.9. The molecule has 0 spiro atoms. The van der Waals surface area contributed by atoms with Crippen molar-refractivity contribution in [1.82, 2.24) is 9.97 Å². The molecule has 0 bridgehead atoms. The zero-order valence-electron chi connectivity index (χ0n) is 45.9. The van der Waals surface area contributed by atoms with Gasteiger partial charge in [-0.2, -0.15) is 4.98 Å². The molecule has 0 amide bonds. The van der Waals surface area contributed by atoms with Crippen LogP contribution in [0.1, 0.15) is 58.1 Å². The lowest BCUT2D eigenvalue weighted by molar-refractivity contribution is -0.332. The fraction of sp³-hybridized carbons (Fsp3) is 0.221. The highest BCUT2D eigenvalue weighted by molar-refractivity contribution is 5.91. The summed E-state index contributed by atoms with van der Waals surface area (Å²) in [7, 11) is 0. The van der Waals surface area contributed by atoms with E-state index in [0.717, 1.165) is 16.7 Å². The van der Waals surface area contributed by atoms with Gasteiger partial charge in [-0.3, -0.25) is 0 Å². The predicted octanol–water partition coefficient (Wildman–Crippen LogP) is 10.7. The summed E-state index contributed by atoms with van der Waals surface area (Å²) in [5.41, 5.74) is 4.34. The summed E-state index contributed by atoms with van der Waals surface area (Å²) in [5.74, 6) is -3.29. The largest absolute Gasteiger partial charge is 0.452 e. The number of rotatable bonds is 23. The summed E-state index contributed by atoms with van der Waals surface area (Å²) in [6, 6.07) is 68.7. The van der Waals surface area contributed by atoms with Gasteiger partial charge in [-0.05, 0) is 77.4 Å². The van der Waals surface area contributed by atoms with Crippen LogP contribution < -0.4 is 4.74 Å². The van der Waals surface area contributed by atoms with Crippen molar-refractivity contribution in [3.63, 3.8) is 0 Å². The number of H-pyrrole nitrogens is 1. The molecule has 17 nitrogen and oxygen atoms in total. The normalized spacial score (nSPS) is 21.9. The van der Waals surface area contributed by atoms with Crippen molar-refractivity contribution in [2.45, 2.75) is 81.2 Å². The van der Waals surface area contributed by atoms with Crippen LogP contribution in [-0.2, 0) is 67.2 Å². The maximum atomic E-state index is 14.5. The lowest BCUT2D eigenvalue weighted by Crippen LogP contribution is -2.65. The second kappa shape index (κ2) is 28.3. The number of hydrogen-bond acceptors (Lipinski definition) is 16. The third-order valence-corrected chi connectivity index (χ3v) is 14.2. The molecular formula is C68H60N2O15. The summed E-state index contributed by atoms with van der Waals surface area (Å²) >= 11 is 0. The number of ether oxygens (including phenoxy) is 11.